The van der Waals surface area contributed by atoms with Crippen LogP contribution < -0.4 is 0 Å². The highest BCUT2D eigenvalue weighted by Crippen LogP contribution is 2.21. The first kappa shape index (κ1) is 11.3. The fourth-order valence-corrected chi connectivity index (χ4v) is 1.45. The Morgan fingerprint density at radius 2 is 2.00 bits per heavy atom. The molecule has 0 fully saturated rings. The number of nitro groups is 1. The van der Waals surface area contributed by atoms with Crippen LogP contribution >= 0.6 is 11.8 Å². The summed E-state index contributed by atoms with van der Waals surface area (Å²) in [6.45, 7) is 0. The monoisotopic (exact) mass is 225 g/mol. The molecule has 0 spiro atoms. The molecule has 1 N–H and O–H groups in total. The fourth-order valence-electron chi connectivity index (χ4n) is 0.817. The average Bonchev–Trinajstić information content (AvgIpc) is 2.18. The minimum Gasteiger partial charge on any atom is -0.478 e. The van der Waals surface area contributed by atoms with Gasteiger partial charge in [-0.1, -0.05) is 11.8 Å². The first-order valence-electron chi connectivity index (χ1n) is 3.90. The summed E-state index contributed by atoms with van der Waals surface area (Å²) in [5, 5.41) is 20.0. The van der Waals surface area contributed by atoms with Crippen molar-refractivity contribution in [2.24, 2.45) is 0 Å². The third-order valence-corrected chi connectivity index (χ3v) is 2.28. The lowest BCUT2D eigenvalue weighted by Crippen LogP contribution is -1.86. The summed E-state index contributed by atoms with van der Waals surface area (Å²) in [7, 11) is 0. The Balaban J connectivity index is 2.65. The molecule has 0 aliphatic carbocycles. The quantitative estimate of drug-likeness (QED) is 0.368. The van der Waals surface area contributed by atoms with E-state index >= 15 is 0 Å². The van der Waals surface area contributed by atoms with Gasteiger partial charge < -0.3 is 5.11 Å². The molecule has 0 heterocycles. The molecule has 0 unspecified atom stereocenters. The zero-order valence-corrected chi connectivity index (χ0v) is 8.31. The number of non-ortho nitro benzene ring substituents is 1. The molecule has 0 amide bonds. The predicted molar refractivity (Wildman–Crippen MR) is 55.7 cm³/mol. The number of nitrogens with zero attached hydrogens (tertiary/aromatic N) is 1. The number of carboxylic acids is 1. The van der Waals surface area contributed by atoms with Crippen molar-refractivity contribution in [3.05, 3.63) is 45.9 Å². The molecule has 0 saturated carbocycles. The summed E-state index contributed by atoms with van der Waals surface area (Å²) in [4.78, 5) is 20.7. The highest BCUT2D eigenvalue weighted by molar-refractivity contribution is 8.02. The number of hydrogen-bond donors (Lipinski definition) is 1. The van der Waals surface area contributed by atoms with Gasteiger partial charge in [-0.2, -0.15) is 0 Å². The van der Waals surface area contributed by atoms with Gasteiger partial charge in [-0.25, -0.2) is 4.79 Å². The molecule has 0 atom stereocenters. The van der Waals surface area contributed by atoms with Crippen LogP contribution in [0.2, 0.25) is 0 Å². The van der Waals surface area contributed by atoms with Crippen molar-refractivity contribution >= 4 is 23.4 Å². The second-order valence-electron chi connectivity index (χ2n) is 2.51. The molecule has 1 aromatic carbocycles. The van der Waals surface area contributed by atoms with Crippen LogP contribution in [-0.4, -0.2) is 16.0 Å². The van der Waals surface area contributed by atoms with Crippen LogP contribution in [0, 0.1) is 10.1 Å². The summed E-state index contributed by atoms with van der Waals surface area (Å²) in [6.07, 6.45) is 1.01. The maximum absolute atomic E-state index is 10.3. The number of rotatable bonds is 4. The molecule has 15 heavy (non-hydrogen) atoms. The maximum atomic E-state index is 10.3. The molecule has 78 valence electrons. The Kier molecular flexibility index (Phi) is 3.87. The molecular weight excluding hydrogens is 218 g/mol. The van der Waals surface area contributed by atoms with Gasteiger partial charge in [-0.05, 0) is 17.5 Å². The Bertz CT molecular complexity index is 399. The summed E-state index contributed by atoms with van der Waals surface area (Å²) < 4.78 is 0. The van der Waals surface area contributed by atoms with Crippen molar-refractivity contribution in [2.75, 3.05) is 0 Å². The van der Waals surface area contributed by atoms with E-state index < -0.39 is 10.9 Å². The highest BCUT2D eigenvalue weighted by Gasteiger charge is 2.02. The van der Waals surface area contributed by atoms with Gasteiger partial charge in [0.1, 0.15) is 0 Å². The highest BCUT2D eigenvalue weighted by atomic mass is 32.2. The number of hydrogen-bond acceptors (Lipinski definition) is 4. The second-order valence-corrected chi connectivity index (χ2v) is 3.49. The smallest absolute Gasteiger partial charge is 0.328 e. The Morgan fingerprint density at radius 3 is 2.47 bits per heavy atom. The fraction of sp³-hybridized carbons (Fsp3) is 0. The topological polar surface area (TPSA) is 80.4 Å². The van der Waals surface area contributed by atoms with Crippen LogP contribution in [0.3, 0.4) is 0 Å². The van der Waals surface area contributed by atoms with E-state index in [0.717, 1.165) is 11.0 Å². The SMILES string of the molecule is O=C(O)/C=C/Sc1ccc([N+](=O)[O-])cc1. The van der Waals surface area contributed by atoms with Crippen molar-refractivity contribution in [3.63, 3.8) is 0 Å². The summed E-state index contributed by atoms with van der Waals surface area (Å²) in [6, 6.07) is 5.87. The Morgan fingerprint density at radius 1 is 1.40 bits per heavy atom. The zero-order valence-electron chi connectivity index (χ0n) is 7.49. The molecule has 1 aromatic rings. The van der Waals surface area contributed by atoms with Gasteiger partial charge >= 0.3 is 5.97 Å². The van der Waals surface area contributed by atoms with Gasteiger partial charge in [-0.15, -0.1) is 0 Å². The predicted octanol–water partition coefficient (Wildman–Crippen LogP) is 2.29. The molecule has 0 aliphatic rings. The van der Waals surface area contributed by atoms with Gasteiger partial charge in [0, 0.05) is 23.1 Å². The molecule has 5 nitrogen and oxygen atoms in total. The van der Waals surface area contributed by atoms with Crippen LogP contribution in [0.15, 0.2) is 40.6 Å². The van der Waals surface area contributed by atoms with E-state index in [1.54, 1.807) is 12.1 Å². The lowest BCUT2D eigenvalue weighted by Gasteiger charge is -1.94. The third kappa shape index (κ3) is 3.82. The van der Waals surface area contributed by atoms with Crippen LogP contribution in [0.5, 0.6) is 0 Å². The Hall–Kier alpha value is -1.82. The average molecular weight is 225 g/mol. The van der Waals surface area contributed by atoms with E-state index in [1.165, 1.54) is 29.3 Å². The minimum atomic E-state index is -1.02. The lowest BCUT2D eigenvalue weighted by molar-refractivity contribution is -0.384. The maximum Gasteiger partial charge on any atom is 0.328 e. The summed E-state index contributed by atoms with van der Waals surface area (Å²) in [5.41, 5.74) is 0.0153. The van der Waals surface area contributed by atoms with Gasteiger partial charge in [-0.3, -0.25) is 10.1 Å². The van der Waals surface area contributed by atoms with Crippen molar-refractivity contribution in [1.82, 2.24) is 0 Å². The molecule has 0 radical (unpaired) electrons. The van der Waals surface area contributed by atoms with Crippen molar-refractivity contribution in [3.8, 4) is 0 Å². The van der Waals surface area contributed by atoms with Crippen molar-refractivity contribution in [2.45, 2.75) is 4.90 Å². The largest absolute Gasteiger partial charge is 0.478 e. The Labute approximate surface area is 89.6 Å². The van der Waals surface area contributed by atoms with Gasteiger partial charge in [0.05, 0.1) is 4.92 Å². The van der Waals surface area contributed by atoms with Crippen LogP contribution in [0.4, 0.5) is 5.69 Å². The number of benzene rings is 1. The van der Waals surface area contributed by atoms with Gasteiger partial charge in [0.25, 0.3) is 5.69 Å². The van der Waals surface area contributed by atoms with Crippen molar-refractivity contribution in [1.29, 1.82) is 0 Å². The molecule has 1 rings (SSSR count). The number of aliphatic carboxylic acids is 1. The first-order chi connectivity index (χ1) is 7.09. The van der Waals surface area contributed by atoms with Crippen LogP contribution in [0.1, 0.15) is 0 Å². The van der Waals surface area contributed by atoms with E-state index in [4.69, 9.17) is 5.11 Å². The standard InChI is InChI=1S/C9H7NO4S/c11-9(12)5-6-15-8-3-1-7(2-4-8)10(13)14/h1-6H,(H,11,12)/b6-5+. The number of carbonyl (C=O) groups is 1. The van der Waals surface area contributed by atoms with E-state index in [9.17, 15) is 14.9 Å². The van der Waals surface area contributed by atoms with Crippen molar-refractivity contribution < 1.29 is 14.8 Å². The van der Waals surface area contributed by atoms with E-state index in [-0.39, 0.29) is 5.69 Å². The third-order valence-electron chi connectivity index (χ3n) is 1.46. The number of nitro benzene ring substituents is 1. The molecule has 0 bridgehead atoms. The van der Waals surface area contributed by atoms with E-state index in [0.29, 0.717) is 0 Å². The molecule has 0 aliphatic heterocycles. The first-order valence-corrected chi connectivity index (χ1v) is 4.78. The number of carboxylic acid groups (broad SMARTS) is 1. The number of thioether (sulfide) groups is 1. The second kappa shape index (κ2) is 5.16. The minimum absolute atomic E-state index is 0.0153. The molecular formula is C9H7NO4S. The zero-order chi connectivity index (χ0) is 11.3. The summed E-state index contributed by atoms with van der Waals surface area (Å²) >= 11 is 1.19. The summed E-state index contributed by atoms with van der Waals surface area (Å²) in [5.74, 6) is -1.02. The van der Waals surface area contributed by atoms with Gasteiger partial charge in [0.2, 0.25) is 0 Å². The molecule has 0 aromatic heterocycles. The van der Waals surface area contributed by atoms with E-state index in [1.807, 2.05) is 0 Å². The van der Waals surface area contributed by atoms with Crippen LogP contribution in [0.25, 0.3) is 0 Å². The molecule has 0 saturated heterocycles. The molecule has 6 heteroatoms. The van der Waals surface area contributed by atoms with Gasteiger partial charge in [0.15, 0.2) is 0 Å². The van der Waals surface area contributed by atoms with E-state index in [2.05, 4.69) is 0 Å². The van der Waals surface area contributed by atoms with Crippen LogP contribution in [-0.2, 0) is 4.79 Å². The normalized spacial score (nSPS) is 10.4. The lowest BCUT2D eigenvalue weighted by atomic mass is 10.3.